The molecule has 2 unspecified atom stereocenters. The molecule has 0 aliphatic rings. The Hall–Kier alpha value is -0.530. The zero-order valence-electron chi connectivity index (χ0n) is 12.5. The van der Waals surface area contributed by atoms with E-state index in [0.29, 0.717) is 17.4 Å². The summed E-state index contributed by atoms with van der Waals surface area (Å²) in [6.07, 6.45) is 1.12. The van der Waals surface area contributed by atoms with Crippen LogP contribution in [0.25, 0.3) is 0 Å². The Kier molecular flexibility index (Phi) is 5.24. The van der Waals surface area contributed by atoms with Gasteiger partial charge in [-0.05, 0) is 48.9 Å². The van der Waals surface area contributed by atoms with Gasteiger partial charge in [0.15, 0.2) is 0 Å². The number of benzene rings is 1. The first kappa shape index (κ1) is 15.5. The molecule has 1 N–H and O–H groups in total. The van der Waals surface area contributed by atoms with Crippen molar-refractivity contribution in [3.8, 4) is 0 Å². The van der Waals surface area contributed by atoms with Crippen LogP contribution in [0.2, 0.25) is 5.02 Å². The molecule has 1 nitrogen and oxygen atoms in total. The van der Waals surface area contributed by atoms with Gasteiger partial charge in [0.05, 0.1) is 0 Å². The molecular weight excluding hydrogens is 242 g/mol. The summed E-state index contributed by atoms with van der Waals surface area (Å²) < 4.78 is 0. The Labute approximate surface area is 117 Å². The van der Waals surface area contributed by atoms with E-state index in [2.05, 4.69) is 51.2 Å². The largest absolute Gasteiger partial charge is 0.313 e. The van der Waals surface area contributed by atoms with Crippen LogP contribution in [0.5, 0.6) is 0 Å². The summed E-state index contributed by atoms with van der Waals surface area (Å²) in [4.78, 5) is 0. The second-order valence-electron chi connectivity index (χ2n) is 6.35. The lowest BCUT2D eigenvalue weighted by Gasteiger charge is -2.31. The number of rotatable bonds is 4. The monoisotopic (exact) mass is 267 g/mol. The number of nitrogens with one attached hydrogen (secondary N) is 1. The van der Waals surface area contributed by atoms with Gasteiger partial charge in [-0.15, -0.1) is 0 Å². The molecule has 1 aromatic rings. The average Bonchev–Trinajstić information content (AvgIpc) is 2.28. The zero-order chi connectivity index (χ0) is 13.9. The Morgan fingerprint density at radius 3 is 2.33 bits per heavy atom. The van der Waals surface area contributed by atoms with Gasteiger partial charge in [0, 0.05) is 11.1 Å². The smallest absolute Gasteiger partial charge is 0.0438 e. The molecule has 0 radical (unpaired) electrons. The van der Waals surface area contributed by atoms with Gasteiger partial charge in [-0.3, -0.25) is 0 Å². The van der Waals surface area contributed by atoms with Crippen LogP contribution in [0.3, 0.4) is 0 Å². The molecule has 0 fully saturated rings. The lowest BCUT2D eigenvalue weighted by Crippen LogP contribution is -2.25. The molecule has 0 amide bonds. The summed E-state index contributed by atoms with van der Waals surface area (Å²) in [5, 5.41) is 4.27. The molecule has 0 saturated carbocycles. The normalized spacial score (nSPS) is 15.5. The molecule has 0 aliphatic carbocycles. The highest BCUT2D eigenvalue weighted by Gasteiger charge is 2.23. The van der Waals surface area contributed by atoms with Crippen molar-refractivity contribution in [2.45, 2.75) is 47.1 Å². The molecule has 1 rings (SSSR count). The number of hydrogen-bond acceptors (Lipinski definition) is 1. The SMILES string of the molecule is CNC(CC(C)C(C)(C)C)c1ccc(C)c(Cl)c1. The van der Waals surface area contributed by atoms with E-state index in [4.69, 9.17) is 11.6 Å². The maximum atomic E-state index is 6.21. The van der Waals surface area contributed by atoms with Crippen molar-refractivity contribution in [2.24, 2.45) is 11.3 Å². The predicted molar refractivity (Wildman–Crippen MR) is 81.2 cm³/mol. The molecule has 0 bridgehead atoms. The van der Waals surface area contributed by atoms with Crippen LogP contribution >= 0.6 is 11.6 Å². The van der Waals surface area contributed by atoms with Crippen molar-refractivity contribution in [2.75, 3.05) is 7.05 Å². The maximum Gasteiger partial charge on any atom is 0.0438 e. The van der Waals surface area contributed by atoms with Crippen molar-refractivity contribution in [1.29, 1.82) is 0 Å². The maximum absolute atomic E-state index is 6.21. The first-order chi connectivity index (χ1) is 8.25. The average molecular weight is 268 g/mol. The van der Waals surface area contributed by atoms with Gasteiger partial charge in [0.2, 0.25) is 0 Å². The van der Waals surface area contributed by atoms with Crippen molar-refractivity contribution in [1.82, 2.24) is 5.32 Å². The highest BCUT2D eigenvalue weighted by atomic mass is 35.5. The van der Waals surface area contributed by atoms with Crippen molar-refractivity contribution in [3.63, 3.8) is 0 Å². The second kappa shape index (κ2) is 6.08. The van der Waals surface area contributed by atoms with Crippen LogP contribution < -0.4 is 5.32 Å². The molecule has 2 atom stereocenters. The fourth-order valence-electron chi connectivity index (χ4n) is 1.95. The van der Waals surface area contributed by atoms with E-state index >= 15 is 0 Å². The molecule has 2 heteroatoms. The third-order valence-electron chi connectivity index (χ3n) is 4.01. The summed E-state index contributed by atoms with van der Waals surface area (Å²) in [7, 11) is 2.02. The van der Waals surface area contributed by atoms with Gasteiger partial charge in [0.25, 0.3) is 0 Å². The van der Waals surface area contributed by atoms with Gasteiger partial charge in [0.1, 0.15) is 0 Å². The van der Waals surface area contributed by atoms with E-state index in [-0.39, 0.29) is 0 Å². The topological polar surface area (TPSA) is 12.0 Å². The van der Waals surface area contributed by atoms with E-state index in [1.54, 1.807) is 0 Å². The van der Waals surface area contributed by atoms with E-state index in [9.17, 15) is 0 Å². The molecule has 0 heterocycles. The first-order valence-electron chi connectivity index (χ1n) is 6.69. The van der Waals surface area contributed by atoms with E-state index in [1.807, 2.05) is 14.0 Å². The van der Waals surface area contributed by atoms with Crippen LogP contribution in [0.4, 0.5) is 0 Å². The highest BCUT2D eigenvalue weighted by Crippen LogP contribution is 2.34. The minimum absolute atomic E-state index is 0.337. The Bertz CT molecular complexity index is 393. The molecule has 0 spiro atoms. The van der Waals surface area contributed by atoms with Gasteiger partial charge < -0.3 is 5.32 Å². The van der Waals surface area contributed by atoms with Crippen LogP contribution in [0.1, 0.15) is 51.3 Å². The van der Waals surface area contributed by atoms with Gasteiger partial charge in [-0.1, -0.05) is 51.4 Å². The van der Waals surface area contributed by atoms with E-state index in [1.165, 1.54) is 5.56 Å². The number of aryl methyl sites for hydroxylation is 1. The predicted octanol–water partition coefficient (Wildman–Crippen LogP) is 4.98. The summed E-state index contributed by atoms with van der Waals surface area (Å²) in [6.45, 7) is 11.3. The fourth-order valence-corrected chi connectivity index (χ4v) is 2.14. The summed E-state index contributed by atoms with van der Waals surface area (Å²) in [5.41, 5.74) is 2.76. The van der Waals surface area contributed by atoms with Crippen molar-refractivity contribution in [3.05, 3.63) is 34.3 Å². The van der Waals surface area contributed by atoms with Gasteiger partial charge in [-0.2, -0.15) is 0 Å². The van der Waals surface area contributed by atoms with Crippen LogP contribution in [-0.4, -0.2) is 7.05 Å². The van der Waals surface area contributed by atoms with Gasteiger partial charge >= 0.3 is 0 Å². The molecule has 1 aromatic carbocycles. The summed E-state index contributed by atoms with van der Waals surface area (Å²) >= 11 is 6.21. The third kappa shape index (κ3) is 4.00. The quantitative estimate of drug-likeness (QED) is 0.811. The van der Waals surface area contributed by atoms with Crippen LogP contribution in [0, 0.1) is 18.3 Å². The minimum Gasteiger partial charge on any atom is -0.313 e. The van der Waals surface area contributed by atoms with Crippen LogP contribution in [-0.2, 0) is 0 Å². The molecule has 0 saturated heterocycles. The Morgan fingerprint density at radius 1 is 1.28 bits per heavy atom. The Balaban J connectivity index is 2.86. The lowest BCUT2D eigenvalue weighted by molar-refractivity contribution is 0.226. The van der Waals surface area contributed by atoms with Crippen molar-refractivity contribution >= 4 is 11.6 Å². The fraction of sp³-hybridized carbons (Fsp3) is 0.625. The first-order valence-corrected chi connectivity index (χ1v) is 7.06. The van der Waals surface area contributed by atoms with Crippen LogP contribution in [0.15, 0.2) is 18.2 Å². The third-order valence-corrected chi connectivity index (χ3v) is 4.42. The highest BCUT2D eigenvalue weighted by molar-refractivity contribution is 6.31. The summed E-state index contributed by atoms with van der Waals surface area (Å²) in [6, 6.07) is 6.74. The Morgan fingerprint density at radius 2 is 1.89 bits per heavy atom. The van der Waals surface area contributed by atoms with E-state index in [0.717, 1.165) is 17.0 Å². The number of hydrogen-bond donors (Lipinski definition) is 1. The minimum atomic E-state index is 0.337. The number of halogens is 1. The second-order valence-corrected chi connectivity index (χ2v) is 6.76. The molecule has 102 valence electrons. The summed E-state index contributed by atoms with van der Waals surface area (Å²) in [5.74, 6) is 0.648. The molecular formula is C16H26ClN. The van der Waals surface area contributed by atoms with E-state index < -0.39 is 0 Å². The lowest BCUT2D eigenvalue weighted by atomic mass is 9.77. The zero-order valence-corrected chi connectivity index (χ0v) is 13.2. The van der Waals surface area contributed by atoms with Gasteiger partial charge in [-0.25, -0.2) is 0 Å². The van der Waals surface area contributed by atoms with Crippen molar-refractivity contribution < 1.29 is 0 Å². The molecule has 0 aliphatic heterocycles. The standard InChI is InChI=1S/C16H26ClN/c1-11-7-8-13(10-14(11)17)15(18-6)9-12(2)16(3,4)5/h7-8,10,12,15,18H,9H2,1-6H3. The molecule has 0 aromatic heterocycles. The molecule has 18 heavy (non-hydrogen) atoms.